The van der Waals surface area contributed by atoms with Crippen molar-refractivity contribution in [2.24, 2.45) is 0 Å². The molecule has 0 atom stereocenters. The molecular formula is C28H28N2O3. The molecule has 0 saturated carbocycles. The molecule has 5 heteroatoms. The first-order chi connectivity index (χ1) is 15.7. The van der Waals surface area contributed by atoms with Crippen LogP contribution in [0, 0.1) is 6.92 Å². The van der Waals surface area contributed by atoms with Crippen molar-refractivity contribution < 1.29 is 14.3 Å². The molecule has 0 aliphatic carbocycles. The first kappa shape index (κ1) is 22.3. The number of carbonyl (C=O) groups is 2. The number of amides is 1. The summed E-state index contributed by atoms with van der Waals surface area (Å²) in [5, 5.41) is 6.37. The molecule has 168 valence electrons. The highest BCUT2D eigenvalue weighted by molar-refractivity contribution is 6.10. The monoisotopic (exact) mass is 440 g/mol. The Balaban J connectivity index is 1.61. The average molecular weight is 441 g/mol. The van der Waals surface area contributed by atoms with E-state index in [1.807, 2.05) is 37.3 Å². The van der Waals surface area contributed by atoms with Crippen LogP contribution in [0.4, 0.5) is 5.69 Å². The van der Waals surface area contributed by atoms with Crippen LogP contribution < -0.4 is 15.4 Å². The number of rotatable bonds is 5. The standard InChI is InChI=1S/C28H28N2O3/c1-18-7-5-9-20(13-18)27(32)29-22-10-6-8-19(14-22)26(31)16-25-24-15-23(33-4)12-11-21(24)17-28(2,3)30-25/h5-16,30H,17H2,1-4H3,(H,29,32)/b25-16-. The van der Waals surface area contributed by atoms with Crippen LogP contribution in [-0.4, -0.2) is 24.3 Å². The zero-order valence-electron chi connectivity index (χ0n) is 19.4. The molecule has 0 saturated heterocycles. The minimum Gasteiger partial charge on any atom is -0.497 e. The van der Waals surface area contributed by atoms with E-state index in [4.69, 9.17) is 4.74 Å². The fraction of sp³-hybridized carbons (Fsp3) is 0.214. The van der Waals surface area contributed by atoms with E-state index < -0.39 is 0 Å². The van der Waals surface area contributed by atoms with Crippen molar-refractivity contribution >= 4 is 23.1 Å². The Hall–Kier alpha value is -3.86. The van der Waals surface area contributed by atoms with Crippen molar-refractivity contribution in [2.75, 3.05) is 12.4 Å². The first-order valence-electron chi connectivity index (χ1n) is 10.9. The van der Waals surface area contributed by atoms with E-state index in [9.17, 15) is 9.59 Å². The zero-order chi connectivity index (χ0) is 23.6. The number of ether oxygens (including phenoxy) is 1. The summed E-state index contributed by atoms with van der Waals surface area (Å²) in [6, 6.07) is 20.3. The molecular weight excluding hydrogens is 412 g/mol. The predicted octanol–water partition coefficient (Wildman–Crippen LogP) is 5.40. The van der Waals surface area contributed by atoms with Gasteiger partial charge in [-0.1, -0.05) is 35.9 Å². The van der Waals surface area contributed by atoms with E-state index in [2.05, 4.69) is 30.5 Å². The van der Waals surface area contributed by atoms with Crippen molar-refractivity contribution in [1.29, 1.82) is 0 Å². The highest BCUT2D eigenvalue weighted by atomic mass is 16.5. The molecule has 3 aromatic carbocycles. The Morgan fingerprint density at radius 3 is 2.52 bits per heavy atom. The summed E-state index contributed by atoms with van der Waals surface area (Å²) in [7, 11) is 1.63. The number of methoxy groups -OCH3 is 1. The second kappa shape index (κ2) is 8.94. The van der Waals surface area contributed by atoms with Gasteiger partial charge >= 0.3 is 0 Å². The molecule has 3 aromatic rings. The highest BCUT2D eigenvalue weighted by Crippen LogP contribution is 2.32. The van der Waals surface area contributed by atoms with E-state index >= 15 is 0 Å². The van der Waals surface area contributed by atoms with Crippen LogP contribution in [0.1, 0.15) is 51.3 Å². The van der Waals surface area contributed by atoms with Crippen LogP contribution in [-0.2, 0) is 6.42 Å². The molecule has 1 aliphatic heterocycles. The largest absolute Gasteiger partial charge is 0.497 e. The van der Waals surface area contributed by atoms with E-state index in [0.29, 0.717) is 16.8 Å². The second-order valence-corrected chi connectivity index (χ2v) is 9.04. The fourth-order valence-electron chi connectivity index (χ4n) is 4.11. The highest BCUT2D eigenvalue weighted by Gasteiger charge is 2.28. The van der Waals surface area contributed by atoms with Gasteiger partial charge in [0, 0.05) is 39.7 Å². The lowest BCUT2D eigenvalue weighted by Crippen LogP contribution is -2.43. The smallest absolute Gasteiger partial charge is 0.255 e. The SMILES string of the molecule is COc1ccc2c(c1)/C(=C/C(=O)c1cccc(NC(=O)c3cccc(C)c3)c1)NC(C)(C)C2. The van der Waals surface area contributed by atoms with Gasteiger partial charge in [-0.15, -0.1) is 0 Å². The van der Waals surface area contributed by atoms with Crippen molar-refractivity contribution in [2.45, 2.75) is 32.7 Å². The number of hydrogen-bond donors (Lipinski definition) is 2. The molecule has 0 spiro atoms. The van der Waals surface area contributed by atoms with Gasteiger partial charge in [-0.3, -0.25) is 9.59 Å². The summed E-state index contributed by atoms with van der Waals surface area (Å²) in [5.41, 5.74) is 5.37. The maximum Gasteiger partial charge on any atom is 0.255 e. The lowest BCUT2D eigenvalue weighted by atomic mass is 9.85. The van der Waals surface area contributed by atoms with E-state index in [0.717, 1.165) is 34.6 Å². The molecule has 5 nitrogen and oxygen atoms in total. The molecule has 4 rings (SSSR count). The molecule has 1 amide bonds. The van der Waals surface area contributed by atoms with Gasteiger partial charge in [0.25, 0.3) is 5.91 Å². The Morgan fingerprint density at radius 2 is 1.76 bits per heavy atom. The number of carbonyl (C=O) groups excluding carboxylic acids is 2. The van der Waals surface area contributed by atoms with Gasteiger partial charge in [-0.05, 0) is 69.2 Å². The summed E-state index contributed by atoms with van der Waals surface area (Å²) in [5.74, 6) is 0.392. The van der Waals surface area contributed by atoms with Gasteiger partial charge in [-0.2, -0.15) is 0 Å². The third-order valence-corrected chi connectivity index (χ3v) is 5.67. The summed E-state index contributed by atoms with van der Waals surface area (Å²) < 4.78 is 5.39. The Kier molecular flexibility index (Phi) is 6.05. The van der Waals surface area contributed by atoms with E-state index in [-0.39, 0.29) is 17.2 Å². The molecule has 0 fully saturated rings. The van der Waals surface area contributed by atoms with Gasteiger partial charge in [0.1, 0.15) is 5.75 Å². The lowest BCUT2D eigenvalue weighted by molar-refractivity contribution is 0.102. The summed E-state index contributed by atoms with van der Waals surface area (Å²) in [4.78, 5) is 25.8. The van der Waals surface area contributed by atoms with Crippen LogP contribution >= 0.6 is 0 Å². The lowest BCUT2D eigenvalue weighted by Gasteiger charge is -2.35. The topological polar surface area (TPSA) is 67.4 Å². The summed E-state index contributed by atoms with van der Waals surface area (Å²) in [6.07, 6.45) is 2.47. The van der Waals surface area contributed by atoms with Crippen LogP contribution in [0.25, 0.3) is 5.70 Å². The second-order valence-electron chi connectivity index (χ2n) is 9.04. The minimum absolute atomic E-state index is 0.143. The van der Waals surface area contributed by atoms with Gasteiger partial charge in [0.2, 0.25) is 0 Å². The number of allylic oxidation sites excluding steroid dienone is 1. The van der Waals surface area contributed by atoms with Crippen molar-refractivity contribution in [3.05, 3.63) is 101 Å². The number of hydrogen-bond acceptors (Lipinski definition) is 4. The number of fused-ring (bicyclic) bond motifs is 1. The van der Waals surface area contributed by atoms with Gasteiger partial charge in [0.05, 0.1) is 7.11 Å². The van der Waals surface area contributed by atoms with Crippen molar-refractivity contribution in [3.63, 3.8) is 0 Å². The molecule has 0 unspecified atom stereocenters. The first-order valence-corrected chi connectivity index (χ1v) is 10.9. The molecule has 1 aliphatic rings. The summed E-state index contributed by atoms with van der Waals surface area (Å²) in [6.45, 7) is 6.16. The molecule has 1 heterocycles. The summed E-state index contributed by atoms with van der Waals surface area (Å²) >= 11 is 0. The Morgan fingerprint density at radius 1 is 1.00 bits per heavy atom. The normalized spacial score (nSPS) is 15.3. The molecule has 0 radical (unpaired) electrons. The molecule has 0 aromatic heterocycles. The van der Waals surface area contributed by atoms with Crippen LogP contribution in [0.15, 0.2) is 72.8 Å². The number of ketones is 1. The third kappa shape index (κ3) is 5.14. The van der Waals surface area contributed by atoms with E-state index in [1.165, 1.54) is 0 Å². The van der Waals surface area contributed by atoms with Crippen molar-refractivity contribution in [3.8, 4) is 5.75 Å². The average Bonchev–Trinajstić information content (AvgIpc) is 2.78. The fourth-order valence-corrected chi connectivity index (χ4v) is 4.11. The van der Waals surface area contributed by atoms with Crippen molar-refractivity contribution in [1.82, 2.24) is 5.32 Å². The van der Waals surface area contributed by atoms with Gasteiger partial charge in [0.15, 0.2) is 5.78 Å². The maximum absolute atomic E-state index is 13.2. The quantitative estimate of drug-likeness (QED) is 0.412. The predicted molar refractivity (Wildman–Crippen MR) is 132 cm³/mol. The Labute approximate surface area is 194 Å². The molecule has 0 bridgehead atoms. The van der Waals surface area contributed by atoms with Gasteiger partial charge < -0.3 is 15.4 Å². The zero-order valence-corrected chi connectivity index (χ0v) is 19.4. The molecule has 33 heavy (non-hydrogen) atoms. The molecule has 2 N–H and O–H groups in total. The number of benzene rings is 3. The number of nitrogens with one attached hydrogen (secondary N) is 2. The van der Waals surface area contributed by atoms with Gasteiger partial charge in [-0.25, -0.2) is 0 Å². The number of anilines is 1. The van der Waals surface area contributed by atoms with E-state index in [1.54, 1.807) is 43.5 Å². The third-order valence-electron chi connectivity index (χ3n) is 5.67. The minimum atomic E-state index is -0.210. The maximum atomic E-state index is 13.2. The van der Waals surface area contributed by atoms with Crippen LogP contribution in [0.5, 0.6) is 5.75 Å². The van der Waals surface area contributed by atoms with Crippen LogP contribution in [0.2, 0.25) is 0 Å². The van der Waals surface area contributed by atoms with Crippen LogP contribution in [0.3, 0.4) is 0 Å². The Bertz CT molecular complexity index is 1260. The number of aryl methyl sites for hydroxylation is 1.